The fraction of sp³-hybridized carbons (Fsp3) is 0.308. The standard InChI is InChI=1S/C13H15N5O3/c1-9(13(20)21)6-10-2-4-11(5-3-10)15-12(19)7-18-8-14-16-17-18/h2-5,8-9H,6-7H2,1H3,(H,15,19)(H,20,21). The van der Waals surface area contributed by atoms with Crippen molar-refractivity contribution in [3.63, 3.8) is 0 Å². The number of carbonyl (C=O) groups is 2. The van der Waals surface area contributed by atoms with Gasteiger partial charge < -0.3 is 10.4 Å². The third kappa shape index (κ3) is 4.37. The van der Waals surface area contributed by atoms with Crippen LogP contribution in [-0.4, -0.2) is 37.2 Å². The highest BCUT2D eigenvalue weighted by atomic mass is 16.4. The number of carboxylic acid groups (broad SMARTS) is 1. The van der Waals surface area contributed by atoms with E-state index in [1.165, 1.54) is 11.0 Å². The van der Waals surface area contributed by atoms with Gasteiger partial charge in [0, 0.05) is 5.69 Å². The molecule has 0 fully saturated rings. The Morgan fingerprint density at radius 2 is 2.05 bits per heavy atom. The van der Waals surface area contributed by atoms with Gasteiger partial charge in [-0.3, -0.25) is 9.59 Å². The highest BCUT2D eigenvalue weighted by molar-refractivity contribution is 5.90. The number of anilines is 1. The second-order valence-electron chi connectivity index (χ2n) is 4.70. The summed E-state index contributed by atoms with van der Waals surface area (Å²) < 4.78 is 1.32. The third-order valence-electron chi connectivity index (χ3n) is 2.90. The lowest BCUT2D eigenvalue weighted by atomic mass is 10.0. The van der Waals surface area contributed by atoms with E-state index in [-0.39, 0.29) is 12.5 Å². The summed E-state index contributed by atoms with van der Waals surface area (Å²) in [6.07, 6.45) is 1.81. The van der Waals surface area contributed by atoms with Gasteiger partial charge in [-0.25, -0.2) is 4.68 Å². The van der Waals surface area contributed by atoms with E-state index in [0.717, 1.165) is 5.56 Å². The van der Waals surface area contributed by atoms with Crippen molar-refractivity contribution >= 4 is 17.6 Å². The minimum absolute atomic E-state index is 0.0325. The largest absolute Gasteiger partial charge is 0.481 e. The summed E-state index contributed by atoms with van der Waals surface area (Å²) in [6, 6.07) is 7.07. The maximum absolute atomic E-state index is 11.7. The molecular formula is C13H15N5O3. The molecule has 2 rings (SSSR count). The smallest absolute Gasteiger partial charge is 0.306 e. The van der Waals surface area contributed by atoms with Crippen molar-refractivity contribution in [1.29, 1.82) is 0 Å². The Hall–Kier alpha value is -2.77. The molecule has 0 aliphatic heterocycles. The Bertz CT molecular complexity index is 609. The molecule has 1 heterocycles. The molecular weight excluding hydrogens is 274 g/mol. The number of benzene rings is 1. The van der Waals surface area contributed by atoms with Crippen LogP contribution >= 0.6 is 0 Å². The zero-order valence-corrected chi connectivity index (χ0v) is 11.4. The molecule has 1 atom stereocenters. The molecule has 2 aromatic rings. The molecule has 8 heteroatoms. The fourth-order valence-corrected chi connectivity index (χ4v) is 1.77. The Labute approximate surface area is 120 Å². The first kappa shape index (κ1) is 14.6. The van der Waals surface area contributed by atoms with E-state index in [0.29, 0.717) is 12.1 Å². The van der Waals surface area contributed by atoms with E-state index in [2.05, 4.69) is 20.8 Å². The lowest BCUT2D eigenvalue weighted by Crippen LogP contribution is -2.19. The van der Waals surface area contributed by atoms with E-state index in [1.54, 1.807) is 31.2 Å². The Balaban J connectivity index is 1.90. The Kier molecular flexibility index (Phi) is 4.60. The summed E-state index contributed by atoms with van der Waals surface area (Å²) in [5, 5.41) is 22.1. The molecule has 21 heavy (non-hydrogen) atoms. The lowest BCUT2D eigenvalue weighted by molar-refractivity contribution is -0.141. The highest BCUT2D eigenvalue weighted by Crippen LogP contribution is 2.13. The summed E-state index contributed by atoms with van der Waals surface area (Å²) >= 11 is 0. The number of hydrogen-bond acceptors (Lipinski definition) is 5. The average molecular weight is 289 g/mol. The van der Waals surface area contributed by atoms with Gasteiger partial charge in [0.25, 0.3) is 0 Å². The van der Waals surface area contributed by atoms with Gasteiger partial charge in [0.15, 0.2) is 0 Å². The number of tetrazole rings is 1. The number of nitrogens with zero attached hydrogens (tertiary/aromatic N) is 4. The molecule has 1 unspecified atom stereocenters. The van der Waals surface area contributed by atoms with Crippen molar-refractivity contribution in [1.82, 2.24) is 20.2 Å². The number of carboxylic acids is 1. The molecule has 1 amide bonds. The van der Waals surface area contributed by atoms with E-state index in [9.17, 15) is 9.59 Å². The van der Waals surface area contributed by atoms with Crippen LogP contribution in [0.3, 0.4) is 0 Å². The predicted octanol–water partition coefficient (Wildman–Crippen LogP) is 0.575. The van der Waals surface area contributed by atoms with E-state index in [4.69, 9.17) is 5.11 Å². The van der Waals surface area contributed by atoms with Gasteiger partial charge in [-0.2, -0.15) is 0 Å². The molecule has 0 saturated heterocycles. The molecule has 0 bridgehead atoms. The fourth-order valence-electron chi connectivity index (χ4n) is 1.77. The first-order valence-electron chi connectivity index (χ1n) is 6.37. The predicted molar refractivity (Wildman–Crippen MR) is 73.4 cm³/mol. The van der Waals surface area contributed by atoms with Crippen molar-refractivity contribution in [2.75, 3.05) is 5.32 Å². The second kappa shape index (κ2) is 6.60. The monoisotopic (exact) mass is 289 g/mol. The maximum Gasteiger partial charge on any atom is 0.306 e. The number of amides is 1. The first-order valence-corrected chi connectivity index (χ1v) is 6.37. The molecule has 0 aliphatic rings. The molecule has 110 valence electrons. The summed E-state index contributed by atoms with van der Waals surface area (Å²) in [7, 11) is 0. The van der Waals surface area contributed by atoms with E-state index >= 15 is 0 Å². The van der Waals surface area contributed by atoms with Crippen LogP contribution in [0.4, 0.5) is 5.69 Å². The molecule has 0 aliphatic carbocycles. The van der Waals surface area contributed by atoms with Crippen molar-refractivity contribution in [2.24, 2.45) is 5.92 Å². The molecule has 0 saturated carbocycles. The van der Waals surface area contributed by atoms with Gasteiger partial charge in [0.05, 0.1) is 5.92 Å². The first-order chi connectivity index (χ1) is 10.0. The number of aliphatic carboxylic acids is 1. The average Bonchev–Trinajstić information content (AvgIpc) is 2.93. The number of nitrogens with one attached hydrogen (secondary N) is 1. The van der Waals surface area contributed by atoms with Crippen LogP contribution in [0.25, 0.3) is 0 Å². The third-order valence-corrected chi connectivity index (χ3v) is 2.90. The van der Waals surface area contributed by atoms with Gasteiger partial charge in [-0.05, 0) is 34.5 Å². The molecule has 0 radical (unpaired) electrons. The number of rotatable bonds is 6. The quantitative estimate of drug-likeness (QED) is 0.804. The molecule has 2 N–H and O–H groups in total. The molecule has 1 aromatic carbocycles. The van der Waals surface area contributed by atoms with Crippen molar-refractivity contribution in [3.8, 4) is 0 Å². The van der Waals surface area contributed by atoms with Crippen LogP contribution in [0.2, 0.25) is 0 Å². The molecule has 1 aromatic heterocycles. The van der Waals surface area contributed by atoms with E-state index in [1.807, 2.05) is 0 Å². The minimum Gasteiger partial charge on any atom is -0.481 e. The molecule has 0 spiro atoms. The second-order valence-corrected chi connectivity index (χ2v) is 4.70. The van der Waals surface area contributed by atoms with Gasteiger partial charge in [0.1, 0.15) is 12.9 Å². The number of carbonyl (C=O) groups excluding carboxylic acids is 1. The minimum atomic E-state index is -0.825. The Morgan fingerprint density at radius 1 is 1.33 bits per heavy atom. The number of aromatic nitrogens is 4. The maximum atomic E-state index is 11.7. The van der Waals surface area contributed by atoms with Crippen LogP contribution in [0, 0.1) is 5.92 Å². The van der Waals surface area contributed by atoms with Crippen molar-refractivity contribution in [2.45, 2.75) is 19.9 Å². The summed E-state index contributed by atoms with van der Waals surface area (Å²) in [4.78, 5) is 22.5. The van der Waals surface area contributed by atoms with Crippen LogP contribution in [0.15, 0.2) is 30.6 Å². The Morgan fingerprint density at radius 3 is 2.62 bits per heavy atom. The summed E-state index contributed by atoms with van der Waals surface area (Å²) in [6.45, 7) is 1.69. The SMILES string of the molecule is CC(Cc1ccc(NC(=O)Cn2cnnn2)cc1)C(=O)O. The zero-order chi connectivity index (χ0) is 15.2. The van der Waals surface area contributed by atoms with Crippen LogP contribution in [0.1, 0.15) is 12.5 Å². The van der Waals surface area contributed by atoms with Crippen molar-refractivity contribution < 1.29 is 14.7 Å². The topological polar surface area (TPSA) is 110 Å². The number of hydrogen-bond donors (Lipinski definition) is 2. The summed E-state index contributed by atoms with van der Waals surface area (Å²) in [5.74, 6) is -1.51. The van der Waals surface area contributed by atoms with Gasteiger partial charge in [-0.15, -0.1) is 5.10 Å². The van der Waals surface area contributed by atoms with Crippen LogP contribution in [-0.2, 0) is 22.6 Å². The van der Waals surface area contributed by atoms with Crippen molar-refractivity contribution in [3.05, 3.63) is 36.2 Å². The van der Waals surface area contributed by atoms with Crippen LogP contribution < -0.4 is 5.32 Å². The molecule has 8 nitrogen and oxygen atoms in total. The van der Waals surface area contributed by atoms with Gasteiger partial charge in [0.2, 0.25) is 5.91 Å². The zero-order valence-electron chi connectivity index (χ0n) is 11.4. The van der Waals surface area contributed by atoms with E-state index < -0.39 is 11.9 Å². The van der Waals surface area contributed by atoms with Gasteiger partial charge in [-0.1, -0.05) is 19.1 Å². The normalized spacial score (nSPS) is 11.9. The van der Waals surface area contributed by atoms with Crippen LogP contribution in [0.5, 0.6) is 0 Å². The summed E-state index contributed by atoms with van der Waals surface area (Å²) in [5.41, 5.74) is 1.54. The van der Waals surface area contributed by atoms with Gasteiger partial charge >= 0.3 is 5.97 Å². The highest BCUT2D eigenvalue weighted by Gasteiger charge is 2.11. The lowest BCUT2D eigenvalue weighted by Gasteiger charge is -2.08.